The van der Waals surface area contributed by atoms with E-state index in [1.807, 2.05) is 79.4 Å². The molecule has 7 heterocycles. The Balaban J connectivity index is 1.10. The minimum Gasteiger partial charge on any atom is -0.140 e. The molecule has 0 fully saturated rings. The van der Waals surface area contributed by atoms with Gasteiger partial charge in [-0.1, -0.05) is 0 Å². The van der Waals surface area contributed by atoms with Crippen molar-refractivity contribution in [2.45, 2.75) is 13.8 Å². The Morgan fingerprint density at radius 1 is 0.243 bits per heavy atom. The summed E-state index contributed by atoms with van der Waals surface area (Å²) in [6.45, 7) is 4.34. The average molecular weight is 605 g/mol. The molecule has 0 aliphatic carbocycles. The third-order valence-electron chi connectivity index (χ3n) is 5.97. The molecule has 0 amide bonds. The van der Waals surface area contributed by atoms with E-state index in [1.54, 1.807) is 0 Å². The monoisotopic (exact) mass is 604 g/mol. The molecule has 7 aromatic heterocycles. The van der Waals surface area contributed by atoms with Crippen molar-refractivity contribution < 1.29 is 0 Å². The molecule has 7 heteroatoms. The Morgan fingerprint density at radius 3 is 0.568 bits per heavy atom. The summed E-state index contributed by atoms with van der Waals surface area (Å²) in [5.74, 6) is 0. The van der Waals surface area contributed by atoms with Crippen molar-refractivity contribution in [2.24, 2.45) is 0 Å². The van der Waals surface area contributed by atoms with Crippen LogP contribution in [0.5, 0.6) is 0 Å². The van der Waals surface area contributed by atoms with Crippen LogP contribution in [-0.2, 0) is 0 Å². The molecule has 0 saturated carbocycles. The SMILES string of the molecule is Cc1ccc(-c2ccc(-c3ccc(-c4ccc(-c5ccc(-c6ccc(-c7ccc(C)s7)s6)s5)s4)s3)s2)s1. The molecule has 0 aliphatic rings. The summed E-state index contributed by atoms with van der Waals surface area (Å²) in [5.41, 5.74) is 0. The van der Waals surface area contributed by atoms with E-state index in [4.69, 9.17) is 0 Å². The second-order valence-electron chi connectivity index (χ2n) is 8.64. The van der Waals surface area contributed by atoms with E-state index in [1.165, 1.54) is 68.3 Å². The van der Waals surface area contributed by atoms with Gasteiger partial charge in [0.15, 0.2) is 0 Å². The van der Waals surface area contributed by atoms with Gasteiger partial charge < -0.3 is 0 Å². The van der Waals surface area contributed by atoms with Crippen molar-refractivity contribution in [1.29, 1.82) is 0 Å². The van der Waals surface area contributed by atoms with E-state index >= 15 is 0 Å². The van der Waals surface area contributed by atoms with Crippen LogP contribution in [0.1, 0.15) is 9.75 Å². The van der Waals surface area contributed by atoms with Gasteiger partial charge in [0.2, 0.25) is 0 Å². The highest BCUT2D eigenvalue weighted by molar-refractivity contribution is 7.31. The van der Waals surface area contributed by atoms with Gasteiger partial charge >= 0.3 is 0 Å². The first kappa shape index (κ1) is 24.0. The highest BCUT2D eigenvalue weighted by Crippen LogP contribution is 2.46. The molecule has 0 saturated heterocycles. The molecule has 0 atom stereocenters. The van der Waals surface area contributed by atoms with Gasteiger partial charge in [0.1, 0.15) is 0 Å². The maximum absolute atomic E-state index is 2.28. The maximum Gasteiger partial charge on any atom is 0.0449 e. The maximum atomic E-state index is 2.28. The van der Waals surface area contributed by atoms with E-state index in [-0.39, 0.29) is 0 Å². The highest BCUT2D eigenvalue weighted by Gasteiger charge is 2.14. The lowest BCUT2D eigenvalue weighted by Crippen LogP contribution is -1.59. The van der Waals surface area contributed by atoms with Crippen LogP contribution in [-0.4, -0.2) is 0 Å². The molecule has 0 bridgehead atoms. The zero-order valence-electron chi connectivity index (χ0n) is 19.9. The molecular weight excluding hydrogens is 585 g/mol. The lowest BCUT2D eigenvalue weighted by Gasteiger charge is -1.93. The molecule has 0 unspecified atom stereocenters. The summed E-state index contributed by atoms with van der Waals surface area (Å²) in [4.78, 5) is 19.0. The predicted octanol–water partition coefficient (Wildman–Crippen LogP) is 12.7. The molecule has 0 aromatic carbocycles. The minimum absolute atomic E-state index is 1.35. The molecule has 7 aromatic rings. The van der Waals surface area contributed by atoms with Gasteiger partial charge in [-0.3, -0.25) is 0 Å². The van der Waals surface area contributed by atoms with Crippen molar-refractivity contribution in [3.63, 3.8) is 0 Å². The number of thiophene rings is 7. The van der Waals surface area contributed by atoms with E-state index in [0.717, 1.165) is 0 Å². The van der Waals surface area contributed by atoms with E-state index in [9.17, 15) is 0 Å². The summed E-state index contributed by atoms with van der Waals surface area (Å²) >= 11 is 13.2. The molecular formula is C30H20S7. The van der Waals surface area contributed by atoms with Crippen LogP contribution < -0.4 is 0 Å². The Bertz CT molecular complexity index is 1690. The van der Waals surface area contributed by atoms with Crippen LogP contribution in [0.4, 0.5) is 0 Å². The van der Waals surface area contributed by atoms with Crippen molar-refractivity contribution >= 4 is 79.4 Å². The summed E-state index contributed by atoms with van der Waals surface area (Å²) in [6, 6.07) is 31.6. The smallest absolute Gasteiger partial charge is 0.0449 e. The second-order valence-corrected chi connectivity index (χ2v) is 16.6. The summed E-state index contributed by atoms with van der Waals surface area (Å²) < 4.78 is 0. The Labute approximate surface area is 244 Å². The number of rotatable bonds is 6. The standard InChI is InChI=1S/C30H20S7/c1-17-3-5-19(31-17)21-7-9-23(33-21)25-11-13-27(35-25)29-15-16-30(37-29)28-14-12-26(36-28)24-10-8-22(34-24)20-6-4-18(2)32-20/h3-16H,1-2H3. The van der Waals surface area contributed by atoms with Crippen LogP contribution in [0.15, 0.2) is 84.9 Å². The molecule has 0 spiro atoms. The summed E-state index contributed by atoms with van der Waals surface area (Å²) in [5, 5.41) is 0. The lowest BCUT2D eigenvalue weighted by atomic mass is 10.3. The summed E-state index contributed by atoms with van der Waals surface area (Å²) in [6.07, 6.45) is 0. The summed E-state index contributed by atoms with van der Waals surface area (Å²) in [7, 11) is 0. The first-order chi connectivity index (χ1) is 18.1. The van der Waals surface area contributed by atoms with Crippen molar-refractivity contribution in [3.05, 3.63) is 94.7 Å². The molecule has 182 valence electrons. The number of aryl methyl sites for hydroxylation is 2. The van der Waals surface area contributed by atoms with Crippen molar-refractivity contribution in [1.82, 2.24) is 0 Å². The molecule has 0 aliphatic heterocycles. The first-order valence-corrected chi connectivity index (χ1v) is 17.4. The van der Waals surface area contributed by atoms with Gasteiger partial charge in [-0.25, -0.2) is 0 Å². The fourth-order valence-electron chi connectivity index (χ4n) is 4.15. The van der Waals surface area contributed by atoms with Crippen LogP contribution in [0.3, 0.4) is 0 Å². The molecule has 0 radical (unpaired) electrons. The van der Waals surface area contributed by atoms with Crippen LogP contribution in [0, 0.1) is 13.8 Å². The highest BCUT2D eigenvalue weighted by atomic mass is 32.1. The van der Waals surface area contributed by atoms with E-state index < -0.39 is 0 Å². The molecule has 0 N–H and O–H groups in total. The van der Waals surface area contributed by atoms with Crippen LogP contribution in [0.2, 0.25) is 0 Å². The van der Waals surface area contributed by atoms with Gasteiger partial charge in [-0.05, 0) is 98.8 Å². The molecule has 7 rings (SSSR count). The predicted molar refractivity (Wildman–Crippen MR) is 174 cm³/mol. The second kappa shape index (κ2) is 9.89. The lowest BCUT2D eigenvalue weighted by molar-refractivity contribution is 1.64. The minimum atomic E-state index is 1.35. The number of hydrogen-bond acceptors (Lipinski definition) is 7. The largest absolute Gasteiger partial charge is 0.140 e. The Morgan fingerprint density at radius 2 is 0.405 bits per heavy atom. The normalized spacial score (nSPS) is 11.5. The van der Waals surface area contributed by atoms with Gasteiger partial charge in [0.05, 0.1) is 0 Å². The number of hydrogen-bond donors (Lipinski definition) is 0. The third-order valence-corrected chi connectivity index (χ3v) is 14.6. The molecule has 37 heavy (non-hydrogen) atoms. The quantitative estimate of drug-likeness (QED) is 0.177. The fraction of sp³-hybridized carbons (Fsp3) is 0.0667. The average Bonchev–Trinajstić information content (AvgIpc) is 3.73. The van der Waals surface area contributed by atoms with Crippen LogP contribution in [0.25, 0.3) is 58.5 Å². The first-order valence-electron chi connectivity index (χ1n) is 11.7. The van der Waals surface area contributed by atoms with Crippen molar-refractivity contribution in [3.8, 4) is 58.5 Å². The topological polar surface area (TPSA) is 0 Å². The zero-order valence-corrected chi connectivity index (χ0v) is 25.7. The zero-order chi connectivity index (χ0) is 24.9. The van der Waals surface area contributed by atoms with Gasteiger partial charge in [-0.15, -0.1) is 79.4 Å². The van der Waals surface area contributed by atoms with Crippen LogP contribution >= 0.6 is 79.4 Å². The van der Waals surface area contributed by atoms with E-state index in [2.05, 4.69) is 98.8 Å². The third kappa shape index (κ3) is 4.79. The van der Waals surface area contributed by atoms with Gasteiger partial charge in [-0.2, -0.15) is 0 Å². The molecule has 0 nitrogen and oxygen atoms in total. The Kier molecular flexibility index (Phi) is 6.41. The van der Waals surface area contributed by atoms with Gasteiger partial charge in [0.25, 0.3) is 0 Å². The Hall–Kier alpha value is -2.10. The van der Waals surface area contributed by atoms with E-state index in [0.29, 0.717) is 0 Å². The van der Waals surface area contributed by atoms with Gasteiger partial charge in [0, 0.05) is 68.3 Å². The fourth-order valence-corrected chi connectivity index (χ4v) is 11.5. The van der Waals surface area contributed by atoms with Crippen molar-refractivity contribution in [2.75, 3.05) is 0 Å².